The van der Waals surface area contributed by atoms with Crippen LogP contribution in [0.5, 0.6) is 5.75 Å². The number of nitrogens with zero attached hydrogens (tertiary/aromatic N) is 1. The van der Waals surface area contributed by atoms with Crippen molar-refractivity contribution in [1.82, 2.24) is 15.5 Å². The van der Waals surface area contributed by atoms with Crippen LogP contribution in [0.1, 0.15) is 60.2 Å². The molecule has 1 fully saturated rings. The first-order valence-electron chi connectivity index (χ1n) is 17.2. The van der Waals surface area contributed by atoms with Crippen molar-refractivity contribution in [3.05, 3.63) is 125 Å². The normalized spacial score (nSPS) is 19.3. The summed E-state index contributed by atoms with van der Waals surface area (Å²) in [5.41, 5.74) is 6.06. The van der Waals surface area contributed by atoms with Gasteiger partial charge >= 0.3 is 12.0 Å². The van der Waals surface area contributed by atoms with E-state index in [1.54, 1.807) is 31.2 Å². The number of aromatic hydroxyl groups is 1. The van der Waals surface area contributed by atoms with Gasteiger partial charge in [-0.2, -0.15) is 0 Å². The molecule has 1 aliphatic rings. The molecule has 0 radical (unpaired) electrons. The standard InChI is InChI=1S/C40H47N3O8/c1-4-49-37(47)22-42-40(48)41-21-32-8-5-6-11-34(32)28-16-18-30(19-17-28)39-50-36(24-43(3)23-35(46)31-9-7-10-33(45)20-31)26(2)38(51-39)29-14-12-27(25-44)13-15-29/h5-20,26,35-36,38-39,44-46H,4,21-25H2,1-3H3,(H2,41,42,48). The maximum Gasteiger partial charge on any atom is 0.325 e. The Morgan fingerprint density at radius 2 is 1.65 bits per heavy atom. The van der Waals surface area contributed by atoms with Gasteiger partial charge in [0.2, 0.25) is 0 Å². The van der Waals surface area contributed by atoms with E-state index in [9.17, 15) is 24.9 Å². The van der Waals surface area contributed by atoms with Crippen LogP contribution in [0.25, 0.3) is 11.1 Å². The number of benzene rings is 4. The molecule has 1 saturated heterocycles. The molecule has 0 saturated carbocycles. The number of rotatable bonds is 14. The fourth-order valence-corrected chi connectivity index (χ4v) is 6.22. The molecule has 0 aliphatic carbocycles. The zero-order chi connectivity index (χ0) is 36.3. The Hall–Kier alpha value is -4.78. The van der Waals surface area contributed by atoms with E-state index in [1.165, 1.54) is 0 Å². The van der Waals surface area contributed by atoms with Crippen molar-refractivity contribution in [2.45, 2.75) is 51.6 Å². The average Bonchev–Trinajstić information content (AvgIpc) is 3.14. The number of likely N-dealkylation sites (N-methyl/N-ethyl adjacent to an activating group) is 1. The van der Waals surface area contributed by atoms with Crippen LogP contribution < -0.4 is 10.6 Å². The average molecular weight is 698 g/mol. The number of carbonyl (C=O) groups excluding carboxylic acids is 2. The molecule has 270 valence electrons. The van der Waals surface area contributed by atoms with E-state index in [4.69, 9.17) is 14.2 Å². The molecule has 1 heterocycles. The van der Waals surface area contributed by atoms with Gasteiger partial charge in [-0.15, -0.1) is 0 Å². The summed E-state index contributed by atoms with van der Waals surface area (Å²) in [5, 5.41) is 35.7. The van der Waals surface area contributed by atoms with Gasteiger partial charge in [-0.1, -0.05) is 91.9 Å². The molecule has 5 rings (SSSR count). The fourth-order valence-electron chi connectivity index (χ4n) is 6.22. The number of hydrogen-bond donors (Lipinski definition) is 5. The molecule has 4 aromatic rings. The first kappa shape index (κ1) is 37.5. The van der Waals surface area contributed by atoms with E-state index in [1.807, 2.05) is 84.7 Å². The Labute approximate surface area is 298 Å². The molecular weight excluding hydrogens is 650 g/mol. The summed E-state index contributed by atoms with van der Waals surface area (Å²) < 4.78 is 18.1. The summed E-state index contributed by atoms with van der Waals surface area (Å²) in [7, 11) is 1.93. The van der Waals surface area contributed by atoms with E-state index in [0.717, 1.165) is 33.4 Å². The molecule has 11 heteroatoms. The van der Waals surface area contributed by atoms with Crippen LogP contribution in [0.4, 0.5) is 4.79 Å². The molecule has 5 N–H and O–H groups in total. The number of aliphatic hydroxyl groups is 2. The predicted octanol–water partition coefficient (Wildman–Crippen LogP) is 5.37. The van der Waals surface area contributed by atoms with E-state index in [0.29, 0.717) is 18.7 Å². The van der Waals surface area contributed by atoms with Crippen LogP contribution in [-0.4, -0.2) is 71.6 Å². The first-order valence-corrected chi connectivity index (χ1v) is 17.2. The summed E-state index contributed by atoms with van der Waals surface area (Å²) in [4.78, 5) is 25.9. The highest BCUT2D eigenvalue weighted by Crippen LogP contribution is 2.42. The minimum Gasteiger partial charge on any atom is -0.508 e. The van der Waals surface area contributed by atoms with Crippen LogP contribution >= 0.6 is 0 Å². The SMILES string of the molecule is CCOC(=O)CNC(=O)NCc1ccccc1-c1ccc(C2OC(CN(C)CC(O)c3cccc(O)c3)C(C)C(c3ccc(CO)cc3)O2)cc1. The number of esters is 1. The largest absolute Gasteiger partial charge is 0.508 e. The number of hydrogen-bond acceptors (Lipinski definition) is 9. The van der Waals surface area contributed by atoms with Crippen LogP contribution in [0.15, 0.2) is 97.1 Å². The molecule has 5 atom stereocenters. The van der Waals surface area contributed by atoms with Gasteiger partial charge < -0.3 is 45.1 Å². The number of nitrogens with one attached hydrogen (secondary N) is 2. The molecule has 5 unspecified atom stereocenters. The molecule has 11 nitrogen and oxygen atoms in total. The monoisotopic (exact) mass is 697 g/mol. The Morgan fingerprint density at radius 3 is 2.35 bits per heavy atom. The van der Waals surface area contributed by atoms with E-state index >= 15 is 0 Å². The van der Waals surface area contributed by atoms with Crippen molar-refractivity contribution in [3.63, 3.8) is 0 Å². The number of urea groups is 1. The zero-order valence-corrected chi connectivity index (χ0v) is 29.2. The molecule has 0 bridgehead atoms. The van der Waals surface area contributed by atoms with E-state index in [2.05, 4.69) is 17.6 Å². The Morgan fingerprint density at radius 1 is 0.922 bits per heavy atom. The highest BCUT2D eigenvalue weighted by molar-refractivity contribution is 5.81. The number of amides is 2. The number of ether oxygens (including phenoxy) is 3. The van der Waals surface area contributed by atoms with Gasteiger partial charge in [0, 0.05) is 31.1 Å². The lowest BCUT2D eigenvalue weighted by Gasteiger charge is -2.42. The lowest BCUT2D eigenvalue weighted by atomic mass is 9.90. The summed E-state index contributed by atoms with van der Waals surface area (Å²) in [6.07, 6.45) is -2.02. The highest BCUT2D eigenvalue weighted by atomic mass is 16.7. The third kappa shape index (κ3) is 10.2. The molecule has 2 amide bonds. The van der Waals surface area contributed by atoms with Crippen molar-refractivity contribution in [3.8, 4) is 16.9 Å². The third-order valence-corrected chi connectivity index (χ3v) is 9.00. The first-order chi connectivity index (χ1) is 24.6. The lowest BCUT2D eigenvalue weighted by molar-refractivity contribution is -0.276. The van der Waals surface area contributed by atoms with Crippen LogP contribution in [0.3, 0.4) is 0 Å². The highest BCUT2D eigenvalue weighted by Gasteiger charge is 2.39. The van der Waals surface area contributed by atoms with Gasteiger partial charge in [0.05, 0.1) is 31.5 Å². The topological polar surface area (TPSA) is 150 Å². The molecule has 0 aromatic heterocycles. The molecule has 1 aliphatic heterocycles. The van der Waals surface area contributed by atoms with Crippen molar-refractivity contribution >= 4 is 12.0 Å². The Balaban J connectivity index is 1.31. The van der Waals surface area contributed by atoms with Gasteiger partial charge in [-0.3, -0.25) is 4.79 Å². The zero-order valence-electron chi connectivity index (χ0n) is 29.2. The maximum atomic E-state index is 12.3. The summed E-state index contributed by atoms with van der Waals surface area (Å²) in [5.74, 6) is -0.439. The summed E-state index contributed by atoms with van der Waals surface area (Å²) in [6.45, 7) is 4.91. The van der Waals surface area contributed by atoms with E-state index in [-0.39, 0.29) is 50.2 Å². The third-order valence-electron chi connectivity index (χ3n) is 9.00. The Kier molecular flexibility index (Phi) is 13.2. The number of carbonyl (C=O) groups is 2. The van der Waals surface area contributed by atoms with Crippen molar-refractivity contribution < 1.29 is 39.1 Å². The van der Waals surface area contributed by atoms with Gasteiger partial charge in [0.25, 0.3) is 0 Å². The minimum absolute atomic E-state index is 0.0454. The van der Waals surface area contributed by atoms with Crippen LogP contribution in [-0.2, 0) is 32.2 Å². The maximum absolute atomic E-state index is 12.3. The van der Waals surface area contributed by atoms with Gasteiger partial charge in [-0.05, 0) is 59.5 Å². The number of aliphatic hydroxyl groups excluding tert-OH is 2. The molecular formula is C40H47N3O8. The smallest absolute Gasteiger partial charge is 0.325 e. The van der Waals surface area contributed by atoms with Gasteiger partial charge in [0.15, 0.2) is 6.29 Å². The minimum atomic E-state index is -0.792. The molecule has 0 spiro atoms. The number of phenols is 1. The van der Waals surface area contributed by atoms with Crippen LogP contribution in [0, 0.1) is 5.92 Å². The summed E-state index contributed by atoms with van der Waals surface area (Å²) >= 11 is 0. The summed E-state index contributed by atoms with van der Waals surface area (Å²) in [6, 6.07) is 29.6. The molecule has 51 heavy (non-hydrogen) atoms. The van der Waals surface area contributed by atoms with Gasteiger partial charge in [0.1, 0.15) is 12.3 Å². The van der Waals surface area contributed by atoms with Crippen LogP contribution in [0.2, 0.25) is 0 Å². The quantitative estimate of drug-likeness (QED) is 0.110. The Bertz CT molecular complexity index is 1730. The number of phenolic OH excluding ortho intramolecular Hbond substituents is 1. The van der Waals surface area contributed by atoms with Crippen molar-refractivity contribution in [1.29, 1.82) is 0 Å². The van der Waals surface area contributed by atoms with Crippen molar-refractivity contribution in [2.75, 3.05) is 33.3 Å². The fraction of sp³-hybridized carbons (Fsp3) is 0.350. The van der Waals surface area contributed by atoms with Gasteiger partial charge in [-0.25, -0.2) is 4.79 Å². The second kappa shape index (κ2) is 17.9. The van der Waals surface area contributed by atoms with Crippen molar-refractivity contribution in [2.24, 2.45) is 5.92 Å². The second-order valence-corrected chi connectivity index (χ2v) is 12.8. The lowest BCUT2D eigenvalue weighted by Crippen LogP contribution is -2.44. The molecule has 4 aromatic carbocycles. The predicted molar refractivity (Wildman–Crippen MR) is 192 cm³/mol. The van der Waals surface area contributed by atoms with E-state index < -0.39 is 24.4 Å². The second-order valence-electron chi connectivity index (χ2n) is 12.8.